The molecule has 0 atom stereocenters. The van der Waals surface area contributed by atoms with Crippen LogP contribution in [0, 0.1) is 0 Å². The number of ketones is 1. The number of hydrogen-bond donors (Lipinski definition) is 0. The average molecular weight is 381 g/mol. The summed E-state index contributed by atoms with van der Waals surface area (Å²) in [6.45, 7) is 0.184. The molecule has 2 heterocycles. The van der Waals surface area contributed by atoms with Crippen LogP contribution < -0.4 is 0 Å². The Morgan fingerprint density at radius 3 is 2.59 bits per heavy atom. The standard InChI is InChI=1S/C22H24N2O2S/c1-23(17-10-6-3-7-11-17)22(26)19-14-21-18(12-13-27-21)24(19)15-20(25)16-8-4-2-5-9-16/h2,4-5,8-9,12-14,17H,3,6-7,10-11,15H2,1H3. The highest BCUT2D eigenvalue weighted by atomic mass is 32.1. The van der Waals surface area contributed by atoms with E-state index in [-0.39, 0.29) is 18.2 Å². The third kappa shape index (κ3) is 3.56. The zero-order valence-electron chi connectivity index (χ0n) is 15.6. The van der Waals surface area contributed by atoms with Crippen LogP contribution in [0.25, 0.3) is 10.2 Å². The number of benzene rings is 1. The minimum absolute atomic E-state index is 0.0196. The molecule has 1 saturated carbocycles. The van der Waals surface area contributed by atoms with Crippen molar-refractivity contribution in [1.29, 1.82) is 0 Å². The molecule has 1 aromatic carbocycles. The van der Waals surface area contributed by atoms with Gasteiger partial charge >= 0.3 is 0 Å². The number of rotatable bonds is 5. The average Bonchev–Trinajstić information content (AvgIpc) is 3.31. The molecule has 1 fully saturated rings. The van der Waals surface area contributed by atoms with Gasteiger partial charge < -0.3 is 9.47 Å². The van der Waals surface area contributed by atoms with Gasteiger partial charge in [0.1, 0.15) is 5.69 Å². The van der Waals surface area contributed by atoms with Crippen molar-refractivity contribution in [2.75, 3.05) is 7.05 Å². The number of Topliss-reactive ketones (excluding diaryl/α,β-unsaturated/α-hetero) is 1. The summed E-state index contributed by atoms with van der Waals surface area (Å²) in [5.41, 5.74) is 2.26. The lowest BCUT2D eigenvalue weighted by Crippen LogP contribution is -2.39. The fraction of sp³-hybridized carbons (Fsp3) is 0.364. The van der Waals surface area contributed by atoms with Crippen LogP contribution in [0.4, 0.5) is 0 Å². The molecule has 0 bridgehead atoms. The molecule has 1 aliphatic carbocycles. The van der Waals surface area contributed by atoms with E-state index in [1.807, 2.05) is 64.4 Å². The highest BCUT2D eigenvalue weighted by Gasteiger charge is 2.26. The monoisotopic (exact) mass is 380 g/mol. The molecule has 4 rings (SSSR count). The fourth-order valence-electron chi connectivity index (χ4n) is 4.00. The smallest absolute Gasteiger partial charge is 0.270 e. The van der Waals surface area contributed by atoms with Crippen LogP contribution in [-0.4, -0.2) is 34.2 Å². The van der Waals surface area contributed by atoms with Gasteiger partial charge in [0.15, 0.2) is 5.78 Å². The van der Waals surface area contributed by atoms with Gasteiger partial charge in [-0.1, -0.05) is 49.6 Å². The van der Waals surface area contributed by atoms with E-state index >= 15 is 0 Å². The minimum atomic E-state index is 0.0196. The maximum Gasteiger partial charge on any atom is 0.270 e. The molecule has 1 amide bonds. The molecule has 5 heteroatoms. The van der Waals surface area contributed by atoms with E-state index in [1.54, 1.807) is 11.3 Å². The molecule has 0 spiro atoms. The second-order valence-corrected chi connectivity index (χ2v) is 8.23. The van der Waals surface area contributed by atoms with Crippen molar-refractivity contribution in [3.05, 3.63) is 59.1 Å². The van der Waals surface area contributed by atoms with Gasteiger partial charge in [-0.2, -0.15) is 0 Å². The van der Waals surface area contributed by atoms with Crippen LogP contribution in [0.1, 0.15) is 53.0 Å². The van der Waals surface area contributed by atoms with E-state index in [9.17, 15) is 9.59 Å². The lowest BCUT2D eigenvalue weighted by atomic mass is 9.94. The summed E-state index contributed by atoms with van der Waals surface area (Å²) >= 11 is 1.61. The van der Waals surface area contributed by atoms with Crippen LogP contribution in [0.5, 0.6) is 0 Å². The summed E-state index contributed by atoms with van der Waals surface area (Å²) in [4.78, 5) is 27.9. The van der Waals surface area contributed by atoms with E-state index in [1.165, 1.54) is 19.3 Å². The first-order chi connectivity index (χ1) is 13.1. The van der Waals surface area contributed by atoms with E-state index in [2.05, 4.69) is 0 Å². The first-order valence-electron chi connectivity index (χ1n) is 9.57. The Morgan fingerprint density at radius 1 is 1.11 bits per heavy atom. The zero-order valence-corrected chi connectivity index (χ0v) is 16.4. The maximum absolute atomic E-state index is 13.2. The topological polar surface area (TPSA) is 42.3 Å². The van der Waals surface area contributed by atoms with Gasteiger partial charge in [0, 0.05) is 18.7 Å². The van der Waals surface area contributed by atoms with E-state index in [0.29, 0.717) is 17.3 Å². The van der Waals surface area contributed by atoms with Gasteiger partial charge in [-0.15, -0.1) is 11.3 Å². The predicted octanol–water partition coefficient (Wildman–Crippen LogP) is 4.99. The lowest BCUT2D eigenvalue weighted by molar-refractivity contribution is 0.0685. The molecule has 0 N–H and O–H groups in total. The second kappa shape index (κ2) is 7.69. The Kier molecular flexibility index (Phi) is 5.12. The molecule has 27 heavy (non-hydrogen) atoms. The van der Waals surface area contributed by atoms with Crippen molar-refractivity contribution < 1.29 is 9.59 Å². The van der Waals surface area contributed by atoms with Gasteiger partial charge in [-0.3, -0.25) is 9.59 Å². The first kappa shape index (κ1) is 18.0. The molecule has 1 aliphatic rings. The summed E-state index contributed by atoms with van der Waals surface area (Å²) in [5.74, 6) is 0.0415. The number of hydrogen-bond acceptors (Lipinski definition) is 3. The number of carbonyl (C=O) groups is 2. The fourth-order valence-corrected chi connectivity index (χ4v) is 4.82. The molecule has 4 nitrogen and oxygen atoms in total. The molecule has 0 aliphatic heterocycles. The Hall–Kier alpha value is -2.40. The van der Waals surface area contributed by atoms with Gasteiger partial charge in [0.25, 0.3) is 5.91 Å². The quantitative estimate of drug-likeness (QED) is 0.585. The number of amides is 1. The third-order valence-corrected chi connectivity index (χ3v) is 6.44. The predicted molar refractivity (Wildman–Crippen MR) is 110 cm³/mol. The van der Waals surface area contributed by atoms with E-state index in [0.717, 1.165) is 23.1 Å². The van der Waals surface area contributed by atoms with Crippen molar-refractivity contribution in [2.24, 2.45) is 0 Å². The molecular weight excluding hydrogens is 356 g/mol. The lowest BCUT2D eigenvalue weighted by Gasteiger charge is -2.31. The van der Waals surface area contributed by atoms with Crippen molar-refractivity contribution in [3.63, 3.8) is 0 Å². The van der Waals surface area contributed by atoms with Gasteiger partial charge in [-0.05, 0) is 30.4 Å². The highest BCUT2D eigenvalue weighted by molar-refractivity contribution is 7.17. The van der Waals surface area contributed by atoms with Gasteiger partial charge in [0.05, 0.1) is 16.8 Å². The Labute approximate surface area is 163 Å². The minimum Gasteiger partial charge on any atom is -0.337 e. The Balaban J connectivity index is 1.64. The van der Waals surface area contributed by atoms with Gasteiger partial charge in [-0.25, -0.2) is 0 Å². The summed E-state index contributed by atoms with van der Waals surface area (Å²) in [7, 11) is 1.91. The molecular formula is C22H24N2O2S. The number of thiophene rings is 1. The Morgan fingerprint density at radius 2 is 1.85 bits per heavy atom. The van der Waals surface area contributed by atoms with Crippen LogP contribution >= 0.6 is 11.3 Å². The molecule has 0 radical (unpaired) electrons. The first-order valence-corrected chi connectivity index (χ1v) is 10.5. The largest absolute Gasteiger partial charge is 0.337 e. The summed E-state index contributed by atoms with van der Waals surface area (Å²) in [6, 6.07) is 13.5. The molecule has 0 saturated heterocycles. The summed E-state index contributed by atoms with van der Waals surface area (Å²) in [5, 5.41) is 2.01. The van der Waals surface area contributed by atoms with Crippen LogP contribution in [0.3, 0.4) is 0 Å². The van der Waals surface area contributed by atoms with Crippen molar-refractivity contribution in [2.45, 2.75) is 44.7 Å². The number of carbonyl (C=O) groups excluding carboxylic acids is 2. The number of aromatic nitrogens is 1. The van der Waals surface area contributed by atoms with Crippen LogP contribution in [0.15, 0.2) is 47.8 Å². The molecule has 3 aromatic rings. The third-order valence-electron chi connectivity index (χ3n) is 5.58. The van der Waals surface area contributed by atoms with Crippen LogP contribution in [-0.2, 0) is 6.54 Å². The zero-order chi connectivity index (χ0) is 18.8. The Bertz CT molecular complexity index is 951. The SMILES string of the molecule is CN(C(=O)c1cc2sccc2n1CC(=O)c1ccccc1)C1CCCCC1. The second-order valence-electron chi connectivity index (χ2n) is 7.28. The van der Waals surface area contributed by atoms with E-state index in [4.69, 9.17) is 0 Å². The van der Waals surface area contributed by atoms with Crippen molar-refractivity contribution in [3.8, 4) is 0 Å². The van der Waals surface area contributed by atoms with Crippen LogP contribution in [0.2, 0.25) is 0 Å². The highest BCUT2D eigenvalue weighted by Crippen LogP contribution is 2.28. The number of nitrogens with zero attached hydrogens (tertiary/aromatic N) is 2. The summed E-state index contributed by atoms with van der Waals surface area (Å²) in [6.07, 6.45) is 5.77. The molecule has 0 unspecified atom stereocenters. The summed E-state index contributed by atoms with van der Waals surface area (Å²) < 4.78 is 2.94. The maximum atomic E-state index is 13.2. The normalized spacial score (nSPS) is 15.1. The molecule has 140 valence electrons. The molecule has 2 aromatic heterocycles. The number of fused-ring (bicyclic) bond motifs is 1. The van der Waals surface area contributed by atoms with E-state index < -0.39 is 0 Å². The van der Waals surface area contributed by atoms with Crippen molar-refractivity contribution >= 4 is 33.2 Å². The van der Waals surface area contributed by atoms with Crippen molar-refractivity contribution in [1.82, 2.24) is 9.47 Å². The van der Waals surface area contributed by atoms with Gasteiger partial charge in [0.2, 0.25) is 0 Å².